The number of methoxy groups -OCH3 is 1. The van der Waals surface area contributed by atoms with Crippen LogP contribution in [0.5, 0.6) is 0 Å². The summed E-state index contributed by atoms with van der Waals surface area (Å²) in [6.45, 7) is 1.47. The molecule has 0 spiro atoms. The van der Waals surface area contributed by atoms with Crippen LogP contribution in [0.3, 0.4) is 0 Å². The molecule has 20 heavy (non-hydrogen) atoms. The maximum atomic E-state index is 12.0. The molecule has 0 aliphatic heterocycles. The van der Waals surface area contributed by atoms with Gasteiger partial charge in [-0.3, -0.25) is 4.99 Å². The van der Waals surface area contributed by atoms with E-state index in [4.69, 9.17) is 4.74 Å². The van der Waals surface area contributed by atoms with Gasteiger partial charge in [0.2, 0.25) is 0 Å². The summed E-state index contributed by atoms with van der Waals surface area (Å²) in [4.78, 5) is 4.33. The van der Waals surface area contributed by atoms with E-state index in [0.29, 0.717) is 30.6 Å². The van der Waals surface area contributed by atoms with Crippen LogP contribution in [0.15, 0.2) is 40.2 Å². The third-order valence-electron chi connectivity index (χ3n) is 2.59. The quantitative estimate of drug-likeness (QED) is 0.429. The van der Waals surface area contributed by atoms with E-state index < -0.39 is 9.84 Å². The highest BCUT2D eigenvalue weighted by molar-refractivity contribution is 7.91. The molecule has 0 aromatic heterocycles. The second kappa shape index (κ2) is 8.55. The third kappa shape index (κ3) is 5.58. The zero-order chi connectivity index (χ0) is 14.8. The van der Waals surface area contributed by atoms with E-state index in [1.54, 1.807) is 44.5 Å². The first-order chi connectivity index (χ1) is 9.60. The second-order valence-corrected chi connectivity index (χ2v) is 6.16. The Labute approximate surface area is 120 Å². The van der Waals surface area contributed by atoms with Crippen LogP contribution in [0.2, 0.25) is 0 Å². The van der Waals surface area contributed by atoms with Crippen molar-refractivity contribution in [3.63, 3.8) is 0 Å². The maximum Gasteiger partial charge on any atom is 0.191 e. The molecule has 0 fully saturated rings. The van der Waals surface area contributed by atoms with Crippen molar-refractivity contribution in [3.8, 4) is 0 Å². The standard InChI is InChI=1S/C13H21N3O3S/c1-14-13(15-8-10-19-2)16-9-11-20(17,18)12-6-4-3-5-7-12/h3-7H,8-11H2,1-2H3,(H2,14,15,16). The molecule has 7 heteroatoms. The molecule has 0 atom stereocenters. The number of aliphatic imine (C=N–C) groups is 1. The molecule has 0 unspecified atom stereocenters. The Morgan fingerprint density at radius 2 is 1.85 bits per heavy atom. The van der Waals surface area contributed by atoms with Crippen molar-refractivity contribution in [1.82, 2.24) is 10.6 Å². The zero-order valence-electron chi connectivity index (χ0n) is 11.8. The van der Waals surface area contributed by atoms with Crippen LogP contribution in [-0.2, 0) is 14.6 Å². The predicted octanol–water partition coefficient (Wildman–Crippen LogP) is 0.272. The van der Waals surface area contributed by atoms with Crippen molar-refractivity contribution >= 4 is 15.8 Å². The number of hydrogen-bond acceptors (Lipinski definition) is 4. The molecular weight excluding hydrogens is 278 g/mol. The van der Waals surface area contributed by atoms with E-state index in [1.165, 1.54) is 0 Å². The van der Waals surface area contributed by atoms with Gasteiger partial charge in [-0.15, -0.1) is 0 Å². The Balaban J connectivity index is 2.43. The van der Waals surface area contributed by atoms with E-state index in [1.807, 2.05) is 0 Å². The van der Waals surface area contributed by atoms with Gasteiger partial charge in [0.15, 0.2) is 15.8 Å². The molecular formula is C13H21N3O3S. The zero-order valence-corrected chi connectivity index (χ0v) is 12.6. The molecule has 1 aromatic carbocycles. The van der Waals surface area contributed by atoms with Gasteiger partial charge >= 0.3 is 0 Å². The largest absolute Gasteiger partial charge is 0.383 e. The first-order valence-corrected chi connectivity index (χ1v) is 7.96. The van der Waals surface area contributed by atoms with Crippen molar-refractivity contribution < 1.29 is 13.2 Å². The van der Waals surface area contributed by atoms with Crippen LogP contribution < -0.4 is 10.6 Å². The van der Waals surface area contributed by atoms with Gasteiger partial charge < -0.3 is 15.4 Å². The number of rotatable bonds is 7. The van der Waals surface area contributed by atoms with E-state index in [-0.39, 0.29) is 5.75 Å². The number of benzene rings is 1. The topological polar surface area (TPSA) is 79.8 Å². The molecule has 112 valence electrons. The average molecular weight is 299 g/mol. The summed E-state index contributed by atoms with van der Waals surface area (Å²) in [5, 5.41) is 5.97. The lowest BCUT2D eigenvalue weighted by atomic mass is 10.4. The fourth-order valence-electron chi connectivity index (χ4n) is 1.54. The second-order valence-electron chi connectivity index (χ2n) is 4.05. The van der Waals surface area contributed by atoms with Crippen LogP contribution >= 0.6 is 0 Å². The highest BCUT2D eigenvalue weighted by Gasteiger charge is 2.13. The Hall–Kier alpha value is -1.60. The summed E-state index contributed by atoms with van der Waals surface area (Å²) >= 11 is 0. The third-order valence-corrected chi connectivity index (χ3v) is 4.32. The van der Waals surface area contributed by atoms with Gasteiger partial charge in [0.1, 0.15) is 0 Å². The first-order valence-electron chi connectivity index (χ1n) is 6.31. The lowest BCUT2D eigenvalue weighted by Gasteiger charge is -2.11. The molecule has 0 amide bonds. The summed E-state index contributed by atoms with van der Waals surface area (Å²) in [5.74, 6) is 0.576. The van der Waals surface area contributed by atoms with Gasteiger partial charge in [0.05, 0.1) is 17.3 Å². The molecule has 0 aliphatic rings. The van der Waals surface area contributed by atoms with Crippen LogP contribution in [0, 0.1) is 0 Å². The number of nitrogens with one attached hydrogen (secondary N) is 2. The van der Waals surface area contributed by atoms with Gasteiger partial charge in [-0.05, 0) is 12.1 Å². The molecule has 0 saturated carbocycles. The summed E-state index contributed by atoms with van der Waals surface area (Å²) in [7, 11) is -0.0112. The summed E-state index contributed by atoms with van der Waals surface area (Å²) in [6, 6.07) is 8.41. The van der Waals surface area contributed by atoms with E-state index in [9.17, 15) is 8.42 Å². The lowest BCUT2D eigenvalue weighted by molar-refractivity contribution is 0.203. The Bertz CT molecular complexity index is 515. The van der Waals surface area contributed by atoms with Gasteiger partial charge in [0, 0.05) is 27.2 Å². The van der Waals surface area contributed by atoms with Gasteiger partial charge in [-0.2, -0.15) is 0 Å². The van der Waals surface area contributed by atoms with Gasteiger partial charge in [-0.1, -0.05) is 18.2 Å². The first kappa shape index (κ1) is 16.5. The van der Waals surface area contributed by atoms with Crippen molar-refractivity contribution in [3.05, 3.63) is 30.3 Å². The monoisotopic (exact) mass is 299 g/mol. The number of nitrogens with zero attached hydrogens (tertiary/aromatic N) is 1. The van der Waals surface area contributed by atoms with E-state index >= 15 is 0 Å². The fourth-order valence-corrected chi connectivity index (χ4v) is 2.72. The Morgan fingerprint density at radius 1 is 1.20 bits per heavy atom. The number of hydrogen-bond donors (Lipinski definition) is 2. The van der Waals surface area contributed by atoms with Crippen LogP contribution in [0.1, 0.15) is 0 Å². The molecule has 0 heterocycles. The SMILES string of the molecule is CN=C(NCCOC)NCCS(=O)(=O)c1ccccc1. The summed E-state index contributed by atoms with van der Waals surface area (Å²) in [5.41, 5.74) is 0. The Morgan fingerprint density at radius 3 is 2.45 bits per heavy atom. The summed E-state index contributed by atoms with van der Waals surface area (Å²) in [6.07, 6.45) is 0. The Kier molecular flexibility index (Phi) is 7.03. The number of ether oxygens (including phenoxy) is 1. The maximum absolute atomic E-state index is 12.0. The average Bonchev–Trinajstić information content (AvgIpc) is 2.46. The van der Waals surface area contributed by atoms with Gasteiger partial charge in [0.25, 0.3) is 0 Å². The highest BCUT2D eigenvalue weighted by Crippen LogP contribution is 2.08. The van der Waals surface area contributed by atoms with E-state index in [2.05, 4.69) is 15.6 Å². The molecule has 6 nitrogen and oxygen atoms in total. The molecule has 2 N–H and O–H groups in total. The number of sulfone groups is 1. The van der Waals surface area contributed by atoms with Crippen LogP contribution in [-0.4, -0.2) is 54.0 Å². The highest BCUT2D eigenvalue weighted by atomic mass is 32.2. The van der Waals surface area contributed by atoms with Crippen LogP contribution in [0.25, 0.3) is 0 Å². The predicted molar refractivity (Wildman–Crippen MR) is 79.7 cm³/mol. The van der Waals surface area contributed by atoms with Crippen LogP contribution in [0.4, 0.5) is 0 Å². The smallest absolute Gasteiger partial charge is 0.191 e. The molecule has 0 bridgehead atoms. The molecule has 1 rings (SSSR count). The van der Waals surface area contributed by atoms with Crippen molar-refractivity contribution in [2.75, 3.05) is 39.6 Å². The van der Waals surface area contributed by atoms with Crippen molar-refractivity contribution in [2.24, 2.45) is 4.99 Å². The van der Waals surface area contributed by atoms with Gasteiger partial charge in [-0.25, -0.2) is 8.42 Å². The fraction of sp³-hybridized carbons (Fsp3) is 0.462. The molecule has 0 radical (unpaired) electrons. The normalized spacial score (nSPS) is 12.2. The molecule has 1 aromatic rings. The lowest BCUT2D eigenvalue weighted by Crippen LogP contribution is -2.40. The number of guanidine groups is 1. The molecule has 0 aliphatic carbocycles. The van der Waals surface area contributed by atoms with Crippen molar-refractivity contribution in [2.45, 2.75) is 4.90 Å². The minimum absolute atomic E-state index is 0.0159. The minimum Gasteiger partial charge on any atom is -0.383 e. The van der Waals surface area contributed by atoms with E-state index in [0.717, 1.165) is 0 Å². The molecule has 0 saturated heterocycles. The summed E-state index contributed by atoms with van der Waals surface area (Å²) < 4.78 is 29.0. The van der Waals surface area contributed by atoms with Crippen molar-refractivity contribution in [1.29, 1.82) is 0 Å². The minimum atomic E-state index is -3.26.